The van der Waals surface area contributed by atoms with Crippen LogP contribution in [0, 0.1) is 5.92 Å². The number of carbonyl (C=O) groups is 1. The van der Waals surface area contributed by atoms with Crippen molar-refractivity contribution in [3.8, 4) is 5.75 Å². The number of pyridine rings is 2. The maximum Gasteiger partial charge on any atom is 0.256 e. The molecule has 0 aliphatic carbocycles. The van der Waals surface area contributed by atoms with Crippen LogP contribution in [0.4, 0.5) is 5.82 Å². The van der Waals surface area contributed by atoms with Gasteiger partial charge in [-0.25, -0.2) is 4.98 Å². The van der Waals surface area contributed by atoms with Crippen LogP contribution in [-0.4, -0.2) is 28.0 Å². The van der Waals surface area contributed by atoms with Crippen molar-refractivity contribution < 1.29 is 9.53 Å². The van der Waals surface area contributed by atoms with E-state index < -0.39 is 5.91 Å². The highest BCUT2D eigenvalue weighted by atomic mass is 16.5. The molecule has 1 amide bonds. The molecule has 0 saturated carbocycles. The van der Waals surface area contributed by atoms with E-state index in [1.54, 1.807) is 24.7 Å². The topological polar surface area (TPSA) is 81.3 Å². The van der Waals surface area contributed by atoms with Gasteiger partial charge in [-0.1, -0.05) is 6.92 Å². The number of aromatic nitrogens is 2. The summed E-state index contributed by atoms with van der Waals surface area (Å²) in [6.45, 7) is 9.30. The van der Waals surface area contributed by atoms with Gasteiger partial charge in [0.1, 0.15) is 23.2 Å². The molecule has 2 aromatic rings. The van der Waals surface area contributed by atoms with Gasteiger partial charge < -0.3 is 15.4 Å². The highest BCUT2D eigenvalue weighted by Crippen LogP contribution is 2.39. The highest BCUT2D eigenvalue weighted by Gasteiger charge is 2.39. The lowest BCUT2D eigenvalue weighted by molar-refractivity contribution is 0.0993. The Morgan fingerprint density at radius 3 is 2.58 bits per heavy atom. The third-order valence-electron chi connectivity index (χ3n) is 4.95. The minimum Gasteiger partial charge on any atom is -0.485 e. The van der Waals surface area contributed by atoms with Crippen molar-refractivity contribution in [2.45, 2.75) is 45.8 Å². The smallest absolute Gasteiger partial charge is 0.256 e. The van der Waals surface area contributed by atoms with Gasteiger partial charge in [-0.3, -0.25) is 9.78 Å². The van der Waals surface area contributed by atoms with Gasteiger partial charge in [-0.05, 0) is 56.9 Å². The number of primary amides is 1. The van der Waals surface area contributed by atoms with Crippen LogP contribution in [0.3, 0.4) is 0 Å². The summed E-state index contributed by atoms with van der Waals surface area (Å²) in [6, 6.07) is 5.48. The fraction of sp³-hybridized carbons (Fsp3) is 0.450. The molecule has 3 heterocycles. The van der Waals surface area contributed by atoms with Crippen LogP contribution in [0.5, 0.6) is 5.75 Å². The van der Waals surface area contributed by atoms with E-state index in [4.69, 9.17) is 10.5 Å². The van der Waals surface area contributed by atoms with Crippen LogP contribution in [-0.2, 0) is 0 Å². The van der Waals surface area contributed by atoms with Crippen molar-refractivity contribution >= 4 is 11.7 Å². The van der Waals surface area contributed by atoms with Crippen molar-refractivity contribution in [1.29, 1.82) is 0 Å². The molecular weight excluding hydrogens is 328 g/mol. The second kappa shape index (κ2) is 6.94. The predicted octanol–water partition coefficient (Wildman–Crippen LogP) is 3.34. The lowest BCUT2D eigenvalue weighted by Crippen LogP contribution is -2.40. The summed E-state index contributed by atoms with van der Waals surface area (Å²) in [7, 11) is 0. The molecule has 1 aliphatic rings. The maximum absolute atomic E-state index is 12.3. The fourth-order valence-electron chi connectivity index (χ4n) is 3.82. The van der Waals surface area contributed by atoms with Crippen LogP contribution in [0.25, 0.3) is 0 Å². The van der Waals surface area contributed by atoms with Crippen LogP contribution < -0.4 is 15.4 Å². The quantitative estimate of drug-likeness (QED) is 0.890. The van der Waals surface area contributed by atoms with Crippen LogP contribution in [0.2, 0.25) is 0 Å². The Hall–Kier alpha value is -2.63. The third-order valence-corrected chi connectivity index (χ3v) is 4.95. The average Bonchev–Trinajstić information content (AvgIpc) is 2.87. The predicted molar refractivity (Wildman–Crippen MR) is 101 cm³/mol. The first kappa shape index (κ1) is 18.2. The number of nitrogens with two attached hydrogens (primary N) is 1. The Kier molecular flexibility index (Phi) is 4.85. The molecule has 1 fully saturated rings. The van der Waals surface area contributed by atoms with Gasteiger partial charge in [-0.2, -0.15) is 0 Å². The number of ether oxygens (including phenoxy) is 1. The monoisotopic (exact) mass is 354 g/mol. The van der Waals surface area contributed by atoms with Gasteiger partial charge in [-0.15, -0.1) is 0 Å². The van der Waals surface area contributed by atoms with Crippen molar-refractivity contribution in [3.63, 3.8) is 0 Å². The normalized spacial score (nSPS) is 20.0. The van der Waals surface area contributed by atoms with Crippen molar-refractivity contribution in [1.82, 2.24) is 9.97 Å². The summed E-state index contributed by atoms with van der Waals surface area (Å²) in [5.41, 5.74) is 6.95. The number of anilines is 1. The number of rotatable bonds is 5. The van der Waals surface area contributed by atoms with E-state index in [1.807, 2.05) is 19.1 Å². The zero-order valence-electron chi connectivity index (χ0n) is 15.8. The summed E-state index contributed by atoms with van der Waals surface area (Å²) in [6.07, 6.45) is 5.91. The molecular formula is C20H26N4O2. The molecule has 6 nitrogen and oxygen atoms in total. The Morgan fingerprint density at radius 1 is 1.31 bits per heavy atom. The van der Waals surface area contributed by atoms with Crippen LogP contribution >= 0.6 is 0 Å². The van der Waals surface area contributed by atoms with Gasteiger partial charge in [0.25, 0.3) is 5.91 Å². The standard InChI is InChI=1S/C20H26N4O2/c1-13-11-20(3,4)24(12-13)19-17(18(21)25)16(7-10-23-19)26-14(2)15-5-8-22-9-6-15/h5-10,13-14H,11-12H2,1-4H3,(H2,21,25)/t13-,14?/m0/s1. The Balaban J connectivity index is 1.98. The summed E-state index contributed by atoms with van der Waals surface area (Å²) in [5.74, 6) is 1.06. The molecule has 138 valence electrons. The first-order valence-electron chi connectivity index (χ1n) is 8.92. The molecule has 1 aliphatic heterocycles. The molecule has 2 N–H and O–H groups in total. The van der Waals surface area contributed by atoms with Gasteiger partial charge >= 0.3 is 0 Å². The number of nitrogens with zero attached hydrogens (tertiary/aromatic N) is 3. The zero-order chi connectivity index (χ0) is 18.9. The summed E-state index contributed by atoms with van der Waals surface area (Å²) >= 11 is 0. The van der Waals surface area contributed by atoms with Gasteiger partial charge in [0.05, 0.1) is 0 Å². The molecule has 26 heavy (non-hydrogen) atoms. The Labute approximate surface area is 154 Å². The molecule has 1 unspecified atom stereocenters. The van der Waals surface area contributed by atoms with Crippen molar-refractivity contribution in [3.05, 3.63) is 47.9 Å². The second-order valence-corrected chi connectivity index (χ2v) is 7.64. The molecule has 0 bridgehead atoms. The van der Waals surface area contributed by atoms with E-state index >= 15 is 0 Å². The van der Waals surface area contributed by atoms with Crippen LogP contribution in [0.15, 0.2) is 36.8 Å². The largest absolute Gasteiger partial charge is 0.485 e. The number of hydrogen-bond donors (Lipinski definition) is 1. The van der Waals surface area contributed by atoms with E-state index in [2.05, 4.69) is 35.6 Å². The lowest BCUT2D eigenvalue weighted by Gasteiger charge is -2.34. The van der Waals surface area contributed by atoms with Crippen molar-refractivity contribution in [2.75, 3.05) is 11.4 Å². The summed E-state index contributed by atoms with van der Waals surface area (Å²) in [4.78, 5) is 23.0. The first-order valence-corrected chi connectivity index (χ1v) is 8.92. The molecule has 0 radical (unpaired) electrons. The Bertz CT molecular complexity index is 792. The summed E-state index contributed by atoms with van der Waals surface area (Å²) < 4.78 is 6.09. The van der Waals surface area contributed by atoms with Gasteiger partial charge in [0, 0.05) is 30.7 Å². The second-order valence-electron chi connectivity index (χ2n) is 7.64. The van der Waals surface area contributed by atoms with E-state index in [9.17, 15) is 4.79 Å². The lowest BCUT2D eigenvalue weighted by atomic mass is 9.97. The fourth-order valence-corrected chi connectivity index (χ4v) is 3.82. The minimum atomic E-state index is -0.527. The van der Waals surface area contributed by atoms with Crippen molar-refractivity contribution in [2.24, 2.45) is 11.7 Å². The van der Waals surface area contributed by atoms with Crippen LogP contribution in [0.1, 0.15) is 56.1 Å². The molecule has 2 atom stereocenters. The number of carbonyl (C=O) groups excluding carboxylic acids is 1. The van der Waals surface area contributed by atoms with E-state index in [0.717, 1.165) is 18.5 Å². The SMILES string of the molecule is CC(Oc1ccnc(N2C[C@@H](C)CC2(C)C)c1C(N)=O)c1ccncc1. The molecule has 1 saturated heterocycles. The summed E-state index contributed by atoms with van der Waals surface area (Å²) in [5, 5.41) is 0. The van der Waals surface area contributed by atoms with E-state index in [1.165, 1.54) is 0 Å². The highest BCUT2D eigenvalue weighted by molar-refractivity contribution is 6.00. The molecule has 3 rings (SSSR count). The number of amides is 1. The van der Waals surface area contributed by atoms with E-state index in [-0.39, 0.29) is 11.6 Å². The molecule has 0 aromatic carbocycles. The molecule has 2 aromatic heterocycles. The van der Waals surface area contributed by atoms with E-state index in [0.29, 0.717) is 23.0 Å². The Morgan fingerprint density at radius 2 is 2.00 bits per heavy atom. The third kappa shape index (κ3) is 3.49. The van der Waals surface area contributed by atoms with Gasteiger partial charge in [0.2, 0.25) is 0 Å². The minimum absolute atomic E-state index is 0.0913. The molecule has 0 spiro atoms. The van der Waals surface area contributed by atoms with Gasteiger partial charge in [0.15, 0.2) is 0 Å². The first-order chi connectivity index (χ1) is 12.3. The maximum atomic E-state index is 12.3. The number of hydrogen-bond acceptors (Lipinski definition) is 5. The zero-order valence-corrected chi connectivity index (χ0v) is 15.8. The molecule has 6 heteroatoms. The average molecular weight is 354 g/mol.